The second-order valence-corrected chi connectivity index (χ2v) is 5.88. The number of rotatable bonds is 7. The predicted molar refractivity (Wildman–Crippen MR) is 92.8 cm³/mol. The van der Waals surface area contributed by atoms with Gasteiger partial charge in [0.2, 0.25) is 11.9 Å². The maximum Gasteiger partial charge on any atom is 0.222 e. The summed E-state index contributed by atoms with van der Waals surface area (Å²) in [5, 5.41) is 6.99. The van der Waals surface area contributed by atoms with Gasteiger partial charge >= 0.3 is 0 Å². The van der Waals surface area contributed by atoms with Crippen molar-refractivity contribution in [2.75, 3.05) is 11.9 Å². The summed E-state index contributed by atoms with van der Waals surface area (Å²) in [5.41, 5.74) is 0.920. The van der Waals surface area contributed by atoms with E-state index in [1.165, 1.54) is 0 Å². The SMILES string of the molecule is CC(NC(=O)CCCNc1ncccn1)c1ccc(Cl)c(Cl)c1. The summed E-state index contributed by atoms with van der Waals surface area (Å²) in [6.45, 7) is 2.55. The lowest BCUT2D eigenvalue weighted by Gasteiger charge is -2.15. The molecule has 1 amide bonds. The summed E-state index contributed by atoms with van der Waals surface area (Å²) in [6, 6.07) is 6.98. The predicted octanol–water partition coefficient (Wildman–Crippen LogP) is 3.85. The van der Waals surface area contributed by atoms with Crippen molar-refractivity contribution >= 4 is 35.1 Å². The van der Waals surface area contributed by atoms with Gasteiger partial charge in [-0.3, -0.25) is 4.79 Å². The molecule has 0 aliphatic carbocycles. The van der Waals surface area contributed by atoms with Gasteiger partial charge in [0.1, 0.15) is 0 Å². The van der Waals surface area contributed by atoms with Crippen LogP contribution in [0.3, 0.4) is 0 Å². The maximum atomic E-state index is 12.0. The number of nitrogens with zero attached hydrogens (tertiary/aromatic N) is 2. The molecule has 1 aromatic heterocycles. The van der Waals surface area contributed by atoms with Crippen molar-refractivity contribution in [1.82, 2.24) is 15.3 Å². The van der Waals surface area contributed by atoms with E-state index in [0.717, 1.165) is 5.56 Å². The van der Waals surface area contributed by atoms with E-state index in [4.69, 9.17) is 23.2 Å². The summed E-state index contributed by atoms with van der Waals surface area (Å²) in [7, 11) is 0. The molecule has 1 heterocycles. The minimum absolute atomic E-state index is 0.0145. The highest BCUT2D eigenvalue weighted by Gasteiger charge is 2.10. The van der Waals surface area contributed by atoms with Crippen LogP contribution in [0.25, 0.3) is 0 Å². The molecule has 0 aliphatic heterocycles. The van der Waals surface area contributed by atoms with Crippen LogP contribution in [-0.2, 0) is 4.79 Å². The first-order chi connectivity index (χ1) is 11.1. The lowest BCUT2D eigenvalue weighted by Crippen LogP contribution is -2.26. The Kier molecular flexibility index (Phi) is 6.62. The molecule has 0 spiro atoms. The summed E-state index contributed by atoms with van der Waals surface area (Å²) >= 11 is 11.9. The quantitative estimate of drug-likeness (QED) is 0.742. The van der Waals surface area contributed by atoms with Gasteiger partial charge in [-0.25, -0.2) is 9.97 Å². The number of amides is 1. The van der Waals surface area contributed by atoms with Gasteiger partial charge in [0.05, 0.1) is 16.1 Å². The van der Waals surface area contributed by atoms with Crippen LogP contribution in [0, 0.1) is 0 Å². The molecule has 1 aromatic carbocycles. The average molecular weight is 353 g/mol. The third-order valence-electron chi connectivity index (χ3n) is 3.25. The van der Waals surface area contributed by atoms with E-state index in [1.807, 2.05) is 13.0 Å². The van der Waals surface area contributed by atoms with Crippen LogP contribution in [0.1, 0.15) is 31.4 Å². The number of halogens is 2. The fourth-order valence-corrected chi connectivity index (χ4v) is 2.32. The van der Waals surface area contributed by atoms with E-state index in [1.54, 1.807) is 30.6 Å². The molecular formula is C16H18Cl2N4O. The van der Waals surface area contributed by atoms with Gasteiger partial charge in [0, 0.05) is 25.4 Å². The fourth-order valence-electron chi connectivity index (χ4n) is 2.02. The third kappa shape index (κ3) is 5.69. The molecule has 0 fully saturated rings. The van der Waals surface area contributed by atoms with E-state index in [0.29, 0.717) is 35.4 Å². The first-order valence-electron chi connectivity index (χ1n) is 7.31. The number of anilines is 1. The van der Waals surface area contributed by atoms with Crippen molar-refractivity contribution in [3.63, 3.8) is 0 Å². The Balaban J connectivity index is 1.72. The Morgan fingerprint density at radius 1 is 1.22 bits per heavy atom. The van der Waals surface area contributed by atoms with Crippen LogP contribution in [-0.4, -0.2) is 22.4 Å². The van der Waals surface area contributed by atoms with Gasteiger partial charge in [0.25, 0.3) is 0 Å². The highest BCUT2D eigenvalue weighted by molar-refractivity contribution is 6.42. The molecule has 2 N–H and O–H groups in total. The molecule has 0 saturated heterocycles. The second kappa shape index (κ2) is 8.70. The zero-order valence-electron chi connectivity index (χ0n) is 12.7. The highest BCUT2D eigenvalue weighted by atomic mass is 35.5. The zero-order valence-corrected chi connectivity index (χ0v) is 14.2. The second-order valence-electron chi connectivity index (χ2n) is 5.07. The van der Waals surface area contributed by atoms with Crippen LogP contribution >= 0.6 is 23.2 Å². The van der Waals surface area contributed by atoms with Crippen molar-refractivity contribution in [3.05, 3.63) is 52.3 Å². The molecule has 2 rings (SSSR count). The molecule has 122 valence electrons. The third-order valence-corrected chi connectivity index (χ3v) is 3.99. The largest absolute Gasteiger partial charge is 0.354 e. The summed E-state index contributed by atoms with van der Waals surface area (Å²) in [6.07, 6.45) is 4.45. The monoisotopic (exact) mass is 352 g/mol. The molecule has 5 nitrogen and oxygen atoms in total. The normalized spacial score (nSPS) is 11.8. The summed E-state index contributed by atoms with van der Waals surface area (Å²) in [5.74, 6) is 0.552. The first kappa shape index (κ1) is 17.5. The lowest BCUT2D eigenvalue weighted by molar-refractivity contribution is -0.121. The van der Waals surface area contributed by atoms with Crippen molar-refractivity contribution in [1.29, 1.82) is 0 Å². The van der Waals surface area contributed by atoms with Crippen LogP contribution in [0.2, 0.25) is 10.0 Å². The summed E-state index contributed by atoms with van der Waals surface area (Å²) < 4.78 is 0. The molecule has 23 heavy (non-hydrogen) atoms. The van der Waals surface area contributed by atoms with Crippen molar-refractivity contribution in [3.8, 4) is 0 Å². The van der Waals surface area contributed by atoms with Crippen LogP contribution < -0.4 is 10.6 Å². The zero-order chi connectivity index (χ0) is 16.7. The number of benzene rings is 1. The van der Waals surface area contributed by atoms with Crippen LogP contribution in [0.15, 0.2) is 36.7 Å². The van der Waals surface area contributed by atoms with E-state index in [9.17, 15) is 4.79 Å². The Bertz CT molecular complexity index is 652. The van der Waals surface area contributed by atoms with Gasteiger partial charge in [-0.15, -0.1) is 0 Å². The average Bonchev–Trinajstić information content (AvgIpc) is 2.55. The standard InChI is InChI=1S/C16H18Cl2N4O/c1-11(12-5-6-13(17)14(18)10-12)22-15(23)4-2-7-19-16-20-8-3-9-21-16/h3,5-6,8-11H,2,4,7H2,1H3,(H,22,23)(H,19,20,21). The number of carbonyl (C=O) groups excluding carboxylic acids is 1. The maximum absolute atomic E-state index is 12.0. The Labute approximate surface area is 145 Å². The molecule has 7 heteroatoms. The van der Waals surface area contributed by atoms with Crippen LogP contribution in [0.4, 0.5) is 5.95 Å². The molecule has 0 bridgehead atoms. The molecule has 0 radical (unpaired) electrons. The lowest BCUT2D eigenvalue weighted by atomic mass is 10.1. The van der Waals surface area contributed by atoms with E-state index in [-0.39, 0.29) is 11.9 Å². The molecule has 1 atom stereocenters. The number of hydrogen-bond acceptors (Lipinski definition) is 4. The topological polar surface area (TPSA) is 66.9 Å². The van der Waals surface area contributed by atoms with Crippen molar-refractivity contribution in [2.24, 2.45) is 0 Å². The smallest absolute Gasteiger partial charge is 0.222 e. The fraction of sp³-hybridized carbons (Fsp3) is 0.312. The number of hydrogen-bond donors (Lipinski definition) is 2. The Morgan fingerprint density at radius 2 is 1.96 bits per heavy atom. The molecule has 0 aliphatic rings. The molecule has 2 aromatic rings. The minimum atomic E-state index is -0.123. The van der Waals surface area contributed by atoms with Gasteiger partial charge < -0.3 is 10.6 Å². The molecular weight excluding hydrogens is 335 g/mol. The molecule has 0 saturated carbocycles. The van der Waals surface area contributed by atoms with Gasteiger partial charge in [-0.05, 0) is 37.1 Å². The number of nitrogens with one attached hydrogen (secondary N) is 2. The van der Waals surface area contributed by atoms with E-state index in [2.05, 4.69) is 20.6 Å². The van der Waals surface area contributed by atoms with Crippen molar-refractivity contribution in [2.45, 2.75) is 25.8 Å². The van der Waals surface area contributed by atoms with Gasteiger partial charge in [-0.1, -0.05) is 29.3 Å². The van der Waals surface area contributed by atoms with Gasteiger partial charge in [0.15, 0.2) is 0 Å². The number of aromatic nitrogens is 2. The van der Waals surface area contributed by atoms with Crippen molar-refractivity contribution < 1.29 is 4.79 Å². The Hall–Kier alpha value is -1.85. The Morgan fingerprint density at radius 3 is 2.65 bits per heavy atom. The molecule has 1 unspecified atom stereocenters. The highest BCUT2D eigenvalue weighted by Crippen LogP contribution is 2.25. The van der Waals surface area contributed by atoms with E-state index < -0.39 is 0 Å². The minimum Gasteiger partial charge on any atom is -0.354 e. The summed E-state index contributed by atoms with van der Waals surface area (Å²) in [4.78, 5) is 20.1. The first-order valence-corrected chi connectivity index (χ1v) is 8.07. The van der Waals surface area contributed by atoms with Crippen LogP contribution in [0.5, 0.6) is 0 Å². The van der Waals surface area contributed by atoms with Gasteiger partial charge in [-0.2, -0.15) is 0 Å². The van der Waals surface area contributed by atoms with E-state index >= 15 is 0 Å². The number of carbonyl (C=O) groups is 1.